The fourth-order valence-electron chi connectivity index (χ4n) is 9.25. The second-order valence-corrected chi connectivity index (χ2v) is 24.6. The highest BCUT2D eigenvalue weighted by Gasteiger charge is 2.27. The van der Waals surface area contributed by atoms with Gasteiger partial charge in [0.2, 0.25) is 5.91 Å². The van der Waals surface area contributed by atoms with Crippen molar-refractivity contribution in [1.29, 1.82) is 0 Å². The summed E-state index contributed by atoms with van der Waals surface area (Å²) in [7, 11) is 1.16. The van der Waals surface area contributed by atoms with Gasteiger partial charge >= 0.3 is 5.97 Å². The molecule has 10 heteroatoms. The first-order valence-electron chi connectivity index (χ1n) is 32.9. The number of likely N-dealkylation sites (N-methyl/N-ethyl adjacent to an activating group) is 1. The molecule has 79 heavy (non-hydrogen) atoms. The molecule has 3 unspecified atom stereocenters. The first kappa shape index (κ1) is 76.2. The molecule has 1 amide bonds. The number of phosphoric acid groups is 1. The molecule has 0 aromatic carbocycles. The van der Waals surface area contributed by atoms with E-state index >= 15 is 0 Å². The zero-order chi connectivity index (χ0) is 57.9. The minimum atomic E-state index is -4.71. The number of amides is 1. The number of carbonyl (C=O) groups is 2. The van der Waals surface area contributed by atoms with Gasteiger partial charge in [-0.3, -0.25) is 14.2 Å². The second kappa shape index (κ2) is 58.4. The second-order valence-electron chi connectivity index (χ2n) is 23.2. The number of rotatable bonds is 59. The van der Waals surface area contributed by atoms with Crippen LogP contribution >= 0.6 is 7.82 Å². The van der Waals surface area contributed by atoms with Crippen molar-refractivity contribution in [2.24, 2.45) is 0 Å². The maximum atomic E-state index is 13.5. The van der Waals surface area contributed by atoms with Gasteiger partial charge in [-0.05, 0) is 102 Å². The fourth-order valence-corrected chi connectivity index (χ4v) is 9.97. The first-order chi connectivity index (χ1) is 38.4. The molecule has 0 spiro atoms. The average molecular weight is 1130 g/mol. The Hall–Kier alpha value is -2.81. The molecule has 0 aliphatic carbocycles. The molecule has 0 fully saturated rings. The molecule has 0 aromatic heterocycles. The number of nitrogens with zero attached hydrogens (tertiary/aromatic N) is 1. The van der Waals surface area contributed by atoms with E-state index in [2.05, 4.69) is 99.0 Å². The van der Waals surface area contributed by atoms with Gasteiger partial charge in [-0.15, -0.1) is 0 Å². The lowest BCUT2D eigenvalue weighted by Gasteiger charge is -2.30. The third-order valence-corrected chi connectivity index (χ3v) is 15.3. The number of quaternary nitrogens is 1. The van der Waals surface area contributed by atoms with Crippen LogP contribution in [0.15, 0.2) is 85.1 Å². The van der Waals surface area contributed by atoms with Gasteiger partial charge in [0, 0.05) is 12.8 Å². The highest BCUT2D eigenvalue weighted by molar-refractivity contribution is 7.45. The molecule has 9 nitrogen and oxygen atoms in total. The summed E-state index contributed by atoms with van der Waals surface area (Å²) >= 11 is 0. The van der Waals surface area contributed by atoms with E-state index in [9.17, 15) is 19.0 Å². The molecule has 0 saturated heterocycles. The lowest BCUT2D eigenvalue weighted by atomic mass is 10.0. The van der Waals surface area contributed by atoms with Crippen molar-refractivity contribution in [2.75, 3.05) is 40.9 Å². The van der Waals surface area contributed by atoms with Crippen molar-refractivity contribution in [3.8, 4) is 0 Å². The summed E-state index contributed by atoms with van der Waals surface area (Å²) in [5.41, 5.74) is 0. The van der Waals surface area contributed by atoms with E-state index in [1.165, 1.54) is 161 Å². The summed E-state index contributed by atoms with van der Waals surface area (Å²) in [5.74, 6) is -0.576. The van der Waals surface area contributed by atoms with E-state index < -0.39 is 26.6 Å². The van der Waals surface area contributed by atoms with Crippen molar-refractivity contribution in [3.05, 3.63) is 85.1 Å². The number of unbranched alkanes of at least 4 members (excludes halogenated alkanes) is 31. The van der Waals surface area contributed by atoms with Crippen LogP contribution in [0.3, 0.4) is 0 Å². The zero-order valence-corrected chi connectivity index (χ0v) is 53.2. The summed E-state index contributed by atoms with van der Waals surface area (Å²) in [6.07, 6.45) is 77.0. The Morgan fingerprint density at radius 1 is 0.456 bits per heavy atom. The Kier molecular flexibility index (Phi) is 56.3. The van der Waals surface area contributed by atoms with Gasteiger partial charge in [-0.2, -0.15) is 0 Å². The highest BCUT2D eigenvalue weighted by atomic mass is 31.2. The number of hydrogen-bond donors (Lipinski definition) is 1. The maximum Gasteiger partial charge on any atom is 0.306 e. The average Bonchev–Trinajstić information content (AvgIpc) is 3.41. The van der Waals surface area contributed by atoms with Crippen molar-refractivity contribution in [2.45, 2.75) is 303 Å². The Labute approximate surface area is 488 Å². The predicted octanol–water partition coefficient (Wildman–Crippen LogP) is 19.9. The van der Waals surface area contributed by atoms with E-state index in [4.69, 9.17) is 13.8 Å². The molecule has 458 valence electrons. The Morgan fingerprint density at radius 3 is 1.24 bits per heavy atom. The monoisotopic (exact) mass is 1120 g/mol. The molecule has 0 saturated carbocycles. The van der Waals surface area contributed by atoms with Crippen LogP contribution in [-0.4, -0.2) is 69.4 Å². The van der Waals surface area contributed by atoms with Gasteiger partial charge in [-0.25, -0.2) is 0 Å². The van der Waals surface area contributed by atoms with Gasteiger partial charge in [-0.1, -0.05) is 260 Å². The van der Waals surface area contributed by atoms with Crippen molar-refractivity contribution >= 4 is 19.7 Å². The van der Waals surface area contributed by atoms with Gasteiger partial charge in [0.15, 0.2) is 0 Å². The van der Waals surface area contributed by atoms with Crippen LogP contribution in [0.1, 0.15) is 290 Å². The summed E-state index contributed by atoms with van der Waals surface area (Å²) in [6.45, 7) is 6.72. The highest BCUT2D eigenvalue weighted by Crippen LogP contribution is 2.38. The van der Waals surface area contributed by atoms with Crippen LogP contribution < -0.4 is 10.2 Å². The van der Waals surface area contributed by atoms with Crippen LogP contribution in [0.2, 0.25) is 0 Å². The van der Waals surface area contributed by atoms with E-state index in [-0.39, 0.29) is 31.3 Å². The molecular formula is C69H125N2O7P. The van der Waals surface area contributed by atoms with Crippen LogP contribution in [-0.2, 0) is 27.9 Å². The van der Waals surface area contributed by atoms with E-state index in [1.54, 1.807) is 0 Å². The third kappa shape index (κ3) is 59.6. The zero-order valence-electron chi connectivity index (χ0n) is 52.3. The van der Waals surface area contributed by atoms with Crippen LogP contribution in [0.5, 0.6) is 0 Å². The molecule has 0 radical (unpaired) electrons. The molecule has 1 N–H and O–H groups in total. The lowest BCUT2D eigenvalue weighted by Crippen LogP contribution is -2.47. The topological polar surface area (TPSA) is 114 Å². The predicted molar refractivity (Wildman–Crippen MR) is 339 cm³/mol. The minimum Gasteiger partial charge on any atom is -0.756 e. The number of allylic oxidation sites excluding steroid dienone is 13. The number of nitrogens with one attached hydrogen (secondary N) is 1. The SMILES string of the molecule is CC/C=C\C/C=C\C/C=C\C/C=C\C/C=C\CCCCCC(=O)NC(COP(=O)([O-])OCC[N+](C)(C)C)C(/C=C/CCCCCCCCCCCCC)OC(=O)CCCCCCCCCCCCC/C=C/CCCCCCCC. The van der Waals surface area contributed by atoms with Crippen LogP contribution in [0.4, 0.5) is 0 Å². The standard InChI is InChI=1S/C69H125N2O7P/c1-7-10-13-16-19-22-25-28-30-32-34-35-37-39-41-44-47-50-53-56-59-62-69(73)78-67(60-57-54-51-48-45-42-27-24-21-18-15-12-9-3)66(65-77-79(74,75)76-64-63-71(4,5)6)70-68(72)61-58-55-52-49-46-43-40-38-36-33-31-29-26-23-20-17-14-11-8-2/h11,14,20,23,28-31,36,38,43,46,57,60,66-67H,7-10,12-13,15-19,21-22,24-27,32-35,37,39-42,44-45,47-56,58-59,61-65H2,1-6H3,(H-,70,72,74,75)/b14-11-,23-20-,30-28+,31-29-,38-36-,46-43-,60-57+. The van der Waals surface area contributed by atoms with Crippen LogP contribution in [0.25, 0.3) is 0 Å². The van der Waals surface area contributed by atoms with Gasteiger partial charge in [0.05, 0.1) is 33.8 Å². The van der Waals surface area contributed by atoms with Crippen molar-refractivity contribution in [1.82, 2.24) is 5.32 Å². The maximum absolute atomic E-state index is 13.5. The number of phosphoric ester groups is 1. The summed E-state index contributed by atoms with van der Waals surface area (Å²) in [6, 6.07) is -0.910. The number of ether oxygens (including phenoxy) is 1. The Morgan fingerprint density at radius 2 is 0.810 bits per heavy atom. The quantitative estimate of drug-likeness (QED) is 0.0212. The van der Waals surface area contributed by atoms with Gasteiger partial charge in [0.25, 0.3) is 7.82 Å². The molecular weight excluding hydrogens is 1000 g/mol. The first-order valence-corrected chi connectivity index (χ1v) is 34.4. The molecule has 0 aliphatic heterocycles. The Bertz CT molecular complexity index is 1630. The third-order valence-electron chi connectivity index (χ3n) is 14.3. The number of esters is 1. The van der Waals surface area contributed by atoms with Crippen LogP contribution in [0, 0.1) is 0 Å². The lowest BCUT2D eigenvalue weighted by molar-refractivity contribution is -0.870. The molecule has 0 heterocycles. The van der Waals surface area contributed by atoms with E-state index in [1.807, 2.05) is 33.3 Å². The largest absolute Gasteiger partial charge is 0.756 e. The molecule has 0 aromatic rings. The van der Waals surface area contributed by atoms with Gasteiger partial charge < -0.3 is 28.5 Å². The molecule has 0 aliphatic rings. The summed E-state index contributed by atoms with van der Waals surface area (Å²) in [4.78, 5) is 40.1. The Balaban J connectivity index is 5.27. The molecule has 3 atom stereocenters. The van der Waals surface area contributed by atoms with Crippen molar-refractivity contribution < 1.29 is 37.3 Å². The number of hydrogen-bond acceptors (Lipinski definition) is 7. The minimum absolute atomic E-state index is 0.0319. The molecule has 0 rings (SSSR count). The van der Waals surface area contributed by atoms with E-state index in [0.717, 1.165) is 89.9 Å². The van der Waals surface area contributed by atoms with Crippen molar-refractivity contribution in [3.63, 3.8) is 0 Å². The summed E-state index contributed by atoms with van der Waals surface area (Å²) in [5, 5.41) is 3.02. The summed E-state index contributed by atoms with van der Waals surface area (Å²) < 4.78 is 30.4. The normalized spacial score (nSPS) is 14.2. The van der Waals surface area contributed by atoms with E-state index in [0.29, 0.717) is 17.4 Å². The fraction of sp³-hybridized carbons (Fsp3) is 0.768. The smallest absolute Gasteiger partial charge is 0.306 e. The number of carbonyl (C=O) groups excluding carboxylic acids is 2. The van der Waals surface area contributed by atoms with Gasteiger partial charge in [0.1, 0.15) is 19.3 Å². The molecule has 0 bridgehead atoms.